The molecule has 1 aliphatic heterocycles. The lowest BCUT2D eigenvalue weighted by Gasteiger charge is -2.23. The number of likely N-dealkylation sites (tertiary alicyclic amines) is 1. The van der Waals surface area contributed by atoms with Gasteiger partial charge < -0.3 is 15.0 Å². The third-order valence-electron chi connectivity index (χ3n) is 4.26. The zero-order valence-electron chi connectivity index (χ0n) is 12.4. The van der Waals surface area contributed by atoms with Crippen LogP contribution >= 0.6 is 0 Å². The molecule has 0 spiro atoms. The zero-order valence-corrected chi connectivity index (χ0v) is 12.4. The van der Waals surface area contributed by atoms with E-state index in [0.29, 0.717) is 38.8 Å². The number of amides is 2. The van der Waals surface area contributed by atoms with Gasteiger partial charge in [-0.05, 0) is 26.2 Å². The Morgan fingerprint density at radius 3 is 2.85 bits per heavy atom. The summed E-state index contributed by atoms with van der Waals surface area (Å²) in [6.45, 7) is 4.59. The van der Waals surface area contributed by atoms with Gasteiger partial charge in [0.2, 0.25) is 11.8 Å². The molecule has 5 heteroatoms. The van der Waals surface area contributed by atoms with Crippen molar-refractivity contribution in [1.29, 1.82) is 0 Å². The summed E-state index contributed by atoms with van der Waals surface area (Å²) >= 11 is 0. The maximum atomic E-state index is 12.1. The Balaban J connectivity index is 1.70. The molecule has 1 N–H and O–H groups in total. The van der Waals surface area contributed by atoms with E-state index < -0.39 is 0 Å². The molecule has 1 atom stereocenters. The lowest BCUT2D eigenvalue weighted by atomic mass is 10.1. The van der Waals surface area contributed by atoms with Gasteiger partial charge in [0, 0.05) is 38.8 Å². The van der Waals surface area contributed by atoms with Crippen molar-refractivity contribution in [3.8, 4) is 0 Å². The number of hydrogen-bond donors (Lipinski definition) is 1. The first kappa shape index (κ1) is 15.3. The van der Waals surface area contributed by atoms with E-state index in [-0.39, 0.29) is 17.7 Å². The minimum absolute atomic E-state index is 0.0235. The fourth-order valence-electron chi connectivity index (χ4n) is 3.15. The maximum Gasteiger partial charge on any atom is 0.225 e. The molecular weight excluding hydrogens is 256 g/mol. The molecule has 0 bridgehead atoms. The number of nitrogens with zero attached hydrogens (tertiary/aromatic N) is 1. The van der Waals surface area contributed by atoms with Gasteiger partial charge in [-0.2, -0.15) is 0 Å². The molecule has 1 saturated heterocycles. The summed E-state index contributed by atoms with van der Waals surface area (Å²) < 4.78 is 5.23. The van der Waals surface area contributed by atoms with E-state index in [1.54, 1.807) is 0 Å². The van der Waals surface area contributed by atoms with Gasteiger partial charge in [0.1, 0.15) is 0 Å². The molecule has 2 fully saturated rings. The SMILES string of the molecule is CCOCCCNC(=O)[C@H]1CC(=O)N(C2CCCC2)C1. The third-order valence-corrected chi connectivity index (χ3v) is 4.26. The van der Waals surface area contributed by atoms with E-state index in [2.05, 4.69) is 5.32 Å². The molecular formula is C15H26N2O3. The zero-order chi connectivity index (χ0) is 14.4. The maximum absolute atomic E-state index is 12.1. The molecule has 0 aromatic rings. The quantitative estimate of drug-likeness (QED) is 0.717. The number of ether oxygens (including phenoxy) is 1. The fraction of sp³-hybridized carbons (Fsp3) is 0.867. The largest absolute Gasteiger partial charge is 0.382 e. The van der Waals surface area contributed by atoms with Crippen molar-refractivity contribution in [2.75, 3.05) is 26.3 Å². The van der Waals surface area contributed by atoms with E-state index in [4.69, 9.17) is 4.74 Å². The number of rotatable bonds is 7. The van der Waals surface area contributed by atoms with Crippen LogP contribution in [0, 0.1) is 5.92 Å². The monoisotopic (exact) mass is 282 g/mol. The van der Waals surface area contributed by atoms with Crippen LogP contribution in [-0.2, 0) is 14.3 Å². The number of nitrogens with one attached hydrogen (secondary N) is 1. The molecule has 2 rings (SSSR count). The normalized spacial score (nSPS) is 23.6. The lowest BCUT2D eigenvalue weighted by Crippen LogP contribution is -2.37. The Morgan fingerprint density at radius 1 is 1.40 bits per heavy atom. The smallest absolute Gasteiger partial charge is 0.225 e. The van der Waals surface area contributed by atoms with Gasteiger partial charge >= 0.3 is 0 Å². The van der Waals surface area contributed by atoms with Crippen LogP contribution in [0.3, 0.4) is 0 Å². The molecule has 0 radical (unpaired) electrons. The van der Waals surface area contributed by atoms with Crippen LogP contribution in [-0.4, -0.2) is 49.1 Å². The average Bonchev–Trinajstić information content (AvgIpc) is 3.07. The first-order valence-electron chi connectivity index (χ1n) is 7.87. The summed E-state index contributed by atoms with van der Waals surface area (Å²) in [6.07, 6.45) is 5.84. The number of hydrogen-bond acceptors (Lipinski definition) is 3. The highest BCUT2D eigenvalue weighted by atomic mass is 16.5. The Labute approximate surface area is 121 Å². The van der Waals surface area contributed by atoms with Crippen LogP contribution in [0.1, 0.15) is 45.4 Å². The molecule has 2 amide bonds. The van der Waals surface area contributed by atoms with Crippen LogP contribution in [0.5, 0.6) is 0 Å². The summed E-state index contributed by atoms with van der Waals surface area (Å²) in [5, 5.41) is 2.92. The van der Waals surface area contributed by atoms with Crippen molar-refractivity contribution in [1.82, 2.24) is 10.2 Å². The van der Waals surface area contributed by atoms with Crippen molar-refractivity contribution in [2.24, 2.45) is 5.92 Å². The highest BCUT2D eigenvalue weighted by molar-refractivity contribution is 5.89. The van der Waals surface area contributed by atoms with Crippen LogP contribution in [0.2, 0.25) is 0 Å². The summed E-state index contributed by atoms with van der Waals surface area (Å²) in [5.41, 5.74) is 0. The Morgan fingerprint density at radius 2 is 2.15 bits per heavy atom. The van der Waals surface area contributed by atoms with Gasteiger partial charge in [-0.3, -0.25) is 9.59 Å². The lowest BCUT2D eigenvalue weighted by molar-refractivity contribution is -0.130. The summed E-state index contributed by atoms with van der Waals surface area (Å²) in [7, 11) is 0. The molecule has 5 nitrogen and oxygen atoms in total. The minimum Gasteiger partial charge on any atom is -0.382 e. The highest BCUT2D eigenvalue weighted by Gasteiger charge is 2.38. The molecule has 0 unspecified atom stereocenters. The van der Waals surface area contributed by atoms with E-state index in [9.17, 15) is 9.59 Å². The van der Waals surface area contributed by atoms with E-state index in [0.717, 1.165) is 19.3 Å². The Kier molecular flexibility index (Phi) is 5.83. The van der Waals surface area contributed by atoms with Crippen LogP contribution < -0.4 is 5.32 Å². The average molecular weight is 282 g/mol. The van der Waals surface area contributed by atoms with Crippen molar-refractivity contribution in [3.05, 3.63) is 0 Å². The molecule has 2 aliphatic rings. The molecule has 1 saturated carbocycles. The fourth-order valence-corrected chi connectivity index (χ4v) is 3.15. The number of carbonyl (C=O) groups excluding carboxylic acids is 2. The van der Waals surface area contributed by atoms with Crippen LogP contribution in [0.4, 0.5) is 0 Å². The molecule has 0 aromatic carbocycles. The summed E-state index contributed by atoms with van der Waals surface area (Å²) in [6, 6.07) is 0.387. The second-order valence-electron chi connectivity index (χ2n) is 5.73. The predicted octanol–water partition coefficient (Wildman–Crippen LogP) is 1.32. The summed E-state index contributed by atoms with van der Waals surface area (Å²) in [5.74, 6) is 0.0249. The standard InChI is InChI=1S/C15H26N2O3/c1-2-20-9-5-8-16-15(19)12-10-14(18)17(11-12)13-6-3-4-7-13/h12-13H,2-11H2,1H3,(H,16,19)/t12-/m0/s1. The van der Waals surface area contributed by atoms with Crippen molar-refractivity contribution < 1.29 is 14.3 Å². The first-order valence-corrected chi connectivity index (χ1v) is 7.87. The van der Waals surface area contributed by atoms with Crippen molar-refractivity contribution in [2.45, 2.75) is 51.5 Å². The Hall–Kier alpha value is -1.10. The van der Waals surface area contributed by atoms with Crippen LogP contribution in [0.15, 0.2) is 0 Å². The van der Waals surface area contributed by atoms with Gasteiger partial charge in [-0.1, -0.05) is 12.8 Å². The van der Waals surface area contributed by atoms with E-state index >= 15 is 0 Å². The van der Waals surface area contributed by atoms with Gasteiger partial charge in [0.05, 0.1) is 5.92 Å². The molecule has 1 heterocycles. The molecule has 20 heavy (non-hydrogen) atoms. The topological polar surface area (TPSA) is 58.6 Å². The summed E-state index contributed by atoms with van der Waals surface area (Å²) in [4.78, 5) is 26.0. The Bertz CT molecular complexity index is 340. The van der Waals surface area contributed by atoms with Gasteiger partial charge in [0.25, 0.3) is 0 Å². The van der Waals surface area contributed by atoms with Gasteiger partial charge in [0.15, 0.2) is 0 Å². The highest BCUT2D eigenvalue weighted by Crippen LogP contribution is 2.29. The van der Waals surface area contributed by atoms with Gasteiger partial charge in [-0.25, -0.2) is 0 Å². The van der Waals surface area contributed by atoms with E-state index in [1.165, 1.54) is 12.8 Å². The van der Waals surface area contributed by atoms with E-state index in [1.807, 2.05) is 11.8 Å². The molecule has 1 aliphatic carbocycles. The second-order valence-corrected chi connectivity index (χ2v) is 5.73. The van der Waals surface area contributed by atoms with Crippen molar-refractivity contribution in [3.63, 3.8) is 0 Å². The minimum atomic E-state index is -0.157. The number of carbonyl (C=O) groups is 2. The third kappa shape index (κ3) is 3.95. The predicted molar refractivity (Wildman–Crippen MR) is 76.2 cm³/mol. The molecule has 114 valence electrons. The molecule has 0 aromatic heterocycles. The van der Waals surface area contributed by atoms with Crippen molar-refractivity contribution >= 4 is 11.8 Å². The second kappa shape index (κ2) is 7.62. The first-order chi connectivity index (χ1) is 9.72. The van der Waals surface area contributed by atoms with Gasteiger partial charge in [-0.15, -0.1) is 0 Å². The van der Waals surface area contributed by atoms with Crippen LogP contribution in [0.25, 0.3) is 0 Å².